The minimum Gasteiger partial charge on any atom is -0.494 e. The number of nitrogens with one attached hydrogen (secondary N) is 2. The van der Waals surface area contributed by atoms with Crippen LogP contribution in [0, 0.1) is 5.82 Å². The smallest absolute Gasteiger partial charge is 0.255 e. The maximum Gasteiger partial charge on any atom is 0.255 e. The standard InChI is InChI=1S/C23H21FN2O3/c1-2-29-20-12-10-19(11-13-20)26-23(28)17-8-5-7-16(14-17)22(27)25-15-18-6-3-4-9-21(18)24/h3-14H,2,15H2,1H3,(H,25,27)(H,26,28). The van der Waals surface area contributed by atoms with Crippen LogP contribution in [0.15, 0.2) is 72.8 Å². The molecule has 0 saturated carbocycles. The summed E-state index contributed by atoms with van der Waals surface area (Å²) in [5, 5.41) is 5.45. The van der Waals surface area contributed by atoms with Crippen molar-refractivity contribution in [2.24, 2.45) is 0 Å². The normalized spacial score (nSPS) is 10.3. The lowest BCUT2D eigenvalue weighted by atomic mass is 10.1. The second-order valence-electron chi connectivity index (χ2n) is 6.27. The highest BCUT2D eigenvalue weighted by Crippen LogP contribution is 2.17. The molecule has 0 atom stereocenters. The number of amides is 2. The fraction of sp³-hybridized carbons (Fsp3) is 0.130. The summed E-state index contributed by atoms with van der Waals surface area (Å²) >= 11 is 0. The molecule has 0 unspecified atom stereocenters. The Kier molecular flexibility index (Phi) is 6.58. The second-order valence-corrected chi connectivity index (χ2v) is 6.27. The van der Waals surface area contributed by atoms with Crippen LogP contribution in [-0.4, -0.2) is 18.4 Å². The maximum absolute atomic E-state index is 13.7. The predicted molar refractivity (Wildman–Crippen MR) is 110 cm³/mol. The molecule has 2 amide bonds. The van der Waals surface area contributed by atoms with Gasteiger partial charge in [-0.15, -0.1) is 0 Å². The number of hydrogen-bond donors (Lipinski definition) is 2. The van der Waals surface area contributed by atoms with Crippen molar-refractivity contribution in [2.75, 3.05) is 11.9 Å². The van der Waals surface area contributed by atoms with Gasteiger partial charge in [0, 0.05) is 28.9 Å². The molecule has 0 aliphatic carbocycles. The fourth-order valence-corrected chi connectivity index (χ4v) is 2.73. The lowest BCUT2D eigenvalue weighted by Gasteiger charge is -2.09. The zero-order chi connectivity index (χ0) is 20.6. The van der Waals surface area contributed by atoms with Crippen molar-refractivity contribution in [3.8, 4) is 5.75 Å². The minimum absolute atomic E-state index is 0.0636. The van der Waals surface area contributed by atoms with Crippen LogP contribution in [0.5, 0.6) is 5.75 Å². The second kappa shape index (κ2) is 9.50. The van der Waals surface area contributed by atoms with Crippen molar-refractivity contribution in [1.82, 2.24) is 5.32 Å². The molecule has 0 aliphatic heterocycles. The van der Waals surface area contributed by atoms with Gasteiger partial charge in [0.1, 0.15) is 11.6 Å². The van der Waals surface area contributed by atoms with E-state index in [-0.39, 0.29) is 24.2 Å². The van der Waals surface area contributed by atoms with Crippen molar-refractivity contribution in [3.05, 3.63) is 95.3 Å². The van der Waals surface area contributed by atoms with Gasteiger partial charge in [0.05, 0.1) is 6.61 Å². The molecule has 3 aromatic carbocycles. The van der Waals surface area contributed by atoms with Gasteiger partial charge in [-0.05, 0) is 55.5 Å². The molecule has 0 heterocycles. The molecule has 0 bridgehead atoms. The number of ether oxygens (including phenoxy) is 1. The van der Waals surface area contributed by atoms with Gasteiger partial charge >= 0.3 is 0 Å². The Morgan fingerprint density at radius 2 is 1.59 bits per heavy atom. The predicted octanol–water partition coefficient (Wildman–Crippen LogP) is 4.41. The third kappa shape index (κ3) is 5.42. The van der Waals surface area contributed by atoms with Crippen LogP contribution in [0.25, 0.3) is 0 Å². The first-order chi connectivity index (χ1) is 14.1. The highest BCUT2D eigenvalue weighted by atomic mass is 19.1. The van der Waals surface area contributed by atoms with Crippen molar-refractivity contribution in [1.29, 1.82) is 0 Å². The zero-order valence-corrected chi connectivity index (χ0v) is 15.9. The molecule has 3 aromatic rings. The van der Waals surface area contributed by atoms with Gasteiger partial charge in [-0.1, -0.05) is 24.3 Å². The van der Waals surface area contributed by atoms with E-state index in [1.54, 1.807) is 60.7 Å². The molecule has 0 fully saturated rings. The molecule has 2 N–H and O–H groups in total. The zero-order valence-electron chi connectivity index (χ0n) is 15.9. The number of benzene rings is 3. The van der Waals surface area contributed by atoms with Crippen LogP contribution in [0.2, 0.25) is 0 Å². The highest BCUT2D eigenvalue weighted by Gasteiger charge is 2.11. The monoisotopic (exact) mass is 392 g/mol. The highest BCUT2D eigenvalue weighted by molar-refractivity contribution is 6.06. The topological polar surface area (TPSA) is 67.4 Å². The molecule has 0 radical (unpaired) electrons. The molecule has 3 rings (SSSR count). The molecular weight excluding hydrogens is 371 g/mol. The Balaban J connectivity index is 1.64. The van der Waals surface area contributed by atoms with Gasteiger partial charge in [-0.3, -0.25) is 9.59 Å². The third-order valence-corrected chi connectivity index (χ3v) is 4.21. The molecule has 6 heteroatoms. The number of anilines is 1. The molecule has 0 spiro atoms. The van der Waals surface area contributed by atoms with E-state index < -0.39 is 0 Å². The van der Waals surface area contributed by atoms with Gasteiger partial charge in [0.2, 0.25) is 0 Å². The van der Waals surface area contributed by atoms with E-state index in [2.05, 4.69) is 10.6 Å². The van der Waals surface area contributed by atoms with Gasteiger partial charge < -0.3 is 15.4 Å². The summed E-state index contributed by atoms with van der Waals surface area (Å²) in [7, 11) is 0. The summed E-state index contributed by atoms with van der Waals surface area (Å²) in [6.45, 7) is 2.53. The Hall–Kier alpha value is -3.67. The first-order valence-corrected chi connectivity index (χ1v) is 9.22. The van der Waals surface area contributed by atoms with Crippen LogP contribution in [0.1, 0.15) is 33.2 Å². The van der Waals surface area contributed by atoms with Crippen LogP contribution in [0.3, 0.4) is 0 Å². The van der Waals surface area contributed by atoms with Crippen LogP contribution in [0.4, 0.5) is 10.1 Å². The molecular formula is C23H21FN2O3. The molecule has 148 valence electrons. The summed E-state index contributed by atoms with van der Waals surface area (Å²) in [6.07, 6.45) is 0. The average molecular weight is 392 g/mol. The summed E-state index contributed by atoms with van der Waals surface area (Å²) < 4.78 is 19.0. The van der Waals surface area contributed by atoms with E-state index in [0.717, 1.165) is 5.75 Å². The summed E-state index contributed by atoms with van der Waals surface area (Å²) in [5.41, 5.74) is 1.68. The molecule has 29 heavy (non-hydrogen) atoms. The third-order valence-electron chi connectivity index (χ3n) is 4.21. The Morgan fingerprint density at radius 3 is 2.28 bits per heavy atom. The number of carbonyl (C=O) groups excluding carboxylic acids is 2. The number of hydrogen-bond acceptors (Lipinski definition) is 3. The lowest BCUT2D eigenvalue weighted by molar-refractivity contribution is 0.0950. The molecule has 0 saturated heterocycles. The fourth-order valence-electron chi connectivity index (χ4n) is 2.73. The Bertz CT molecular complexity index is 1000. The molecule has 0 aliphatic rings. The van der Waals surface area contributed by atoms with E-state index in [1.807, 2.05) is 6.92 Å². The van der Waals surface area contributed by atoms with Crippen LogP contribution >= 0.6 is 0 Å². The number of halogens is 1. The number of carbonyl (C=O) groups is 2. The minimum atomic E-state index is -0.385. The van der Waals surface area contributed by atoms with Gasteiger partial charge in [0.25, 0.3) is 11.8 Å². The first kappa shape index (κ1) is 20.1. The van der Waals surface area contributed by atoms with Crippen LogP contribution < -0.4 is 15.4 Å². The summed E-state index contributed by atoms with van der Waals surface area (Å²) in [6, 6.07) is 19.6. The number of rotatable bonds is 7. The average Bonchev–Trinajstić information content (AvgIpc) is 2.74. The lowest BCUT2D eigenvalue weighted by Crippen LogP contribution is -2.24. The van der Waals surface area contributed by atoms with E-state index in [1.165, 1.54) is 12.1 Å². The van der Waals surface area contributed by atoms with Crippen molar-refractivity contribution >= 4 is 17.5 Å². The van der Waals surface area contributed by atoms with Crippen molar-refractivity contribution in [2.45, 2.75) is 13.5 Å². The van der Waals surface area contributed by atoms with Gasteiger partial charge in [0.15, 0.2) is 0 Å². The summed E-state index contributed by atoms with van der Waals surface area (Å²) in [4.78, 5) is 24.9. The van der Waals surface area contributed by atoms with E-state index in [9.17, 15) is 14.0 Å². The Labute approximate surface area is 168 Å². The van der Waals surface area contributed by atoms with E-state index in [0.29, 0.717) is 29.0 Å². The van der Waals surface area contributed by atoms with Gasteiger partial charge in [-0.2, -0.15) is 0 Å². The van der Waals surface area contributed by atoms with E-state index in [4.69, 9.17) is 4.74 Å². The SMILES string of the molecule is CCOc1ccc(NC(=O)c2cccc(C(=O)NCc3ccccc3F)c2)cc1. The quantitative estimate of drug-likeness (QED) is 0.626. The largest absolute Gasteiger partial charge is 0.494 e. The van der Waals surface area contributed by atoms with Crippen molar-refractivity contribution < 1.29 is 18.7 Å². The first-order valence-electron chi connectivity index (χ1n) is 9.22. The molecule has 0 aromatic heterocycles. The van der Waals surface area contributed by atoms with Crippen molar-refractivity contribution in [3.63, 3.8) is 0 Å². The summed E-state index contributed by atoms with van der Waals surface area (Å²) in [5.74, 6) is -0.378. The van der Waals surface area contributed by atoms with E-state index >= 15 is 0 Å². The Morgan fingerprint density at radius 1 is 0.897 bits per heavy atom. The maximum atomic E-state index is 13.7. The molecule has 5 nitrogen and oxygen atoms in total. The van der Waals surface area contributed by atoms with Crippen LogP contribution in [-0.2, 0) is 6.54 Å². The van der Waals surface area contributed by atoms with Gasteiger partial charge in [-0.25, -0.2) is 4.39 Å².